The lowest BCUT2D eigenvalue weighted by Crippen LogP contribution is -2.35. The Morgan fingerprint density at radius 3 is 2.61 bits per heavy atom. The van der Waals surface area contributed by atoms with Crippen LogP contribution in [0.15, 0.2) is 75.5 Å². The lowest BCUT2D eigenvalue weighted by atomic mass is 10.2. The number of hydrogen-bond donors (Lipinski definition) is 3. The molecule has 200 valence electrons. The number of para-hydroxylation sites is 4. The summed E-state index contributed by atoms with van der Waals surface area (Å²) in [5, 5.41) is 7.43. The molecule has 2 heterocycles. The Kier molecular flexibility index (Phi) is 9.19. The van der Waals surface area contributed by atoms with Gasteiger partial charge in [-0.2, -0.15) is 4.57 Å². The molecule has 0 atom stereocenters. The van der Waals surface area contributed by atoms with Gasteiger partial charge in [-0.15, -0.1) is 0 Å². The van der Waals surface area contributed by atoms with Gasteiger partial charge in [0.2, 0.25) is 11.5 Å². The minimum Gasteiger partial charge on any atom is -0.439 e. The molecule has 2 aromatic carbocycles. The number of anilines is 1. The normalized spacial score (nSPS) is 14.8. The topological polar surface area (TPSA) is 118 Å². The zero-order valence-electron chi connectivity index (χ0n) is 22.5. The Hall–Kier alpha value is -4.07. The maximum atomic E-state index is 7.43. The molecule has 0 aliphatic carbocycles. The molecule has 1 aliphatic rings. The molecule has 8 nitrogen and oxygen atoms in total. The number of aromatic nitrogens is 1. The van der Waals surface area contributed by atoms with Crippen LogP contribution in [0.1, 0.15) is 58.3 Å². The number of oxazole rings is 1. The largest absolute Gasteiger partial charge is 0.439 e. The summed E-state index contributed by atoms with van der Waals surface area (Å²) in [6, 6.07) is 16.3. The standard InChI is InChI=1S/C30H39N6O2/c1-22(20-29-35(18-10-3-4-16-28(32)33)24-12-5-7-14-26(24)37-29)21-30-36(19-11-9-17-34-23(2)31)25-13-6-8-15-27(25)38-30/h5-8,12-15,20-21H,3-4,9-11,16-19H2,1-2H3,(H2,31,34)(H3,32,33)/q+1. The van der Waals surface area contributed by atoms with E-state index in [4.69, 9.17) is 26.0 Å². The van der Waals surface area contributed by atoms with Gasteiger partial charge in [-0.1, -0.05) is 24.3 Å². The predicted molar refractivity (Wildman–Crippen MR) is 154 cm³/mol. The first kappa shape index (κ1) is 27.0. The second-order valence-corrected chi connectivity index (χ2v) is 9.72. The SMILES string of the molecule is CC(=Cc1oc2ccccc2[n+]1CCCCCC(=N)N)C=C1Oc2ccccc2N1CCCCN=C(C)N. The van der Waals surface area contributed by atoms with Crippen LogP contribution in [0.25, 0.3) is 17.2 Å². The number of rotatable bonds is 13. The molecule has 0 amide bonds. The number of benzene rings is 2. The second-order valence-electron chi connectivity index (χ2n) is 9.72. The average Bonchev–Trinajstić information content (AvgIpc) is 3.40. The van der Waals surface area contributed by atoms with Crippen molar-refractivity contribution in [1.82, 2.24) is 0 Å². The van der Waals surface area contributed by atoms with E-state index in [1.807, 2.05) is 43.3 Å². The molecule has 0 spiro atoms. The third-order valence-corrected chi connectivity index (χ3v) is 6.45. The molecule has 1 aliphatic heterocycles. The first-order chi connectivity index (χ1) is 18.4. The molecule has 5 N–H and O–H groups in total. The van der Waals surface area contributed by atoms with Crippen molar-refractivity contribution in [2.45, 2.75) is 58.9 Å². The Labute approximate surface area is 224 Å². The molecule has 3 aromatic rings. The minimum absolute atomic E-state index is 0.253. The van der Waals surface area contributed by atoms with E-state index in [-0.39, 0.29) is 5.84 Å². The van der Waals surface area contributed by atoms with E-state index in [9.17, 15) is 0 Å². The van der Waals surface area contributed by atoms with Gasteiger partial charge in [0, 0.05) is 38.1 Å². The van der Waals surface area contributed by atoms with E-state index in [1.54, 1.807) is 0 Å². The van der Waals surface area contributed by atoms with Crippen LogP contribution in [0.4, 0.5) is 5.69 Å². The summed E-state index contributed by atoms with van der Waals surface area (Å²) in [4.78, 5) is 6.54. The smallest absolute Gasteiger partial charge is 0.374 e. The molecule has 38 heavy (non-hydrogen) atoms. The predicted octanol–water partition coefficient (Wildman–Crippen LogP) is 5.52. The van der Waals surface area contributed by atoms with Gasteiger partial charge in [-0.3, -0.25) is 10.4 Å². The van der Waals surface area contributed by atoms with Crippen LogP contribution < -0.4 is 25.7 Å². The van der Waals surface area contributed by atoms with Crippen LogP contribution in [0, 0.1) is 5.41 Å². The van der Waals surface area contributed by atoms with Crippen LogP contribution in [-0.2, 0) is 6.54 Å². The third kappa shape index (κ3) is 7.03. The third-order valence-electron chi connectivity index (χ3n) is 6.45. The summed E-state index contributed by atoms with van der Waals surface area (Å²) in [7, 11) is 0. The summed E-state index contributed by atoms with van der Waals surface area (Å²) in [5.74, 6) is 3.37. The van der Waals surface area contributed by atoms with Gasteiger partial charge >= 0.3 is 5.89 Å². The molecule has 0 fully saturated rings. The van der Waals surface area contributed by atoms with Gasteiger partial charge in [0.1, 0.15) is 0 Å². The lowest BCUT2D eigenvalue weighted by molar-refractivity contribution is -0.678. The van der Waals surface area contributed by atoms with Crippen molar-refractivity contribution in [2.75, 3.05) is 18.0 Å². The number of ether oxygens (including phenoxy) is 1. The van der Waals surface area contributed by atoms with Crippen LogP contribution in [0.5, 0.6) is 5.75 Å². The number of allylic oxidation sites excluding steroid dienone is 2. The zero-order chi connectivity index (χ0) is 26.9. The molecule has 4 rings (SSSR count). The fraction of sp³-hybridized carbons (Fsp3) is 0.367. The van der Waals surface area contributed by atoms with Crippen molar-refractivity contribution in [2.24, 2.45) is 16.5 Å². The maximum absolute atomic E-state index is 7.43. The Bertz CT molecular complexity index is 1350. The number of fused-ring (bicyclic) bond motifs is 2. The number of aliphatic imine (C=N–C) groups is 1. The molecule has 0 saturated carbocycles. The summed E-state index contributed by atoms with van der Waals surface area (Å²) < 4.78 is 14.7. The van der Waals surface area contributed by atoms with Gasteiger partial charge < -0.3 is 25.5 Å². The highest BCUT2D eigenvalue weighted by Crippen LogP contribution is 2.39. The number of unbranched alkanes of at least 4 members (excludes halogenated alkanes) is 3. The number of aryl methyl sites for hydroxylation is 1. The lowest BCUT2D eigenvalue weighted by Gasteiger charge is -2.18. The van der Waals surface area contributed by atoms with Crippen LogP contribution in [0.3, 0.4) is 0 Å². The van der Waals surface area contributed by atoms with Crippen molar-refractivity contribution in [3.63, 3.8) is 0 Å². The van der Waals surface area contributed by atoms with Gasteiger partial charge in [-0.25, -0.2) is 0 Å². The molecular formula is C30H39N6O2+. The van der Waals surface area contributed by atoms with Crippen LogP contribution in [0.2, 0.25) is 0 Å². The van der Waals surface area contributed by atoms with Crippen molar-refractivity contribution in [3.05, 3.63) is 72.0 Å². The van der Waals surface area contributed by atoms with Gasteiger partial charge in [-0.05, 0) is 63.3 Å². The molecule has 0 radical (unpaired) electrons. The van der Waals surface area contributed by atoms with E-state index >= 15 is 0 Å². The number of nitrogens with one attached hydrogen (secondary N) is 1. The molecule has 8 heteroatoms. The number of nitrogens with zero attached hydrogens (tertiary/aromatic N) is 3. The molecule has 1 aromatic heterocycles. The first-order valence-corrected chi connectivity index (χ1v) is 13.4. The van der Waals surface area contributed by atoms with Gasteiger partial charge in [0.05, 0.1) is 23.4 Å². The van der Waals surface area contributed by atoms with Crippen molar-refractivity contribution < 1.29 is 13.7 Å². The van der Waals surface area contributed by atoms with E-state index in [1.165, 1.54) is 0 Å². The molecular weight excluding hydrogens is 476 g/mol. The van der Waals surface area contributed by atoms with Crippen molar-refractivity contribution in [1.29, 1.82) is 5.41 Å². The highest BCUT2D eigenvalue weighted by Gasteiger charge is 2.26. The second kappa shape index (κ2) is 12.9. The summed E-state index contributed by atoms with van der Waals surface area (Å²) in [6.45, 7) is 6.29. The number of nitrogens with two attached hydrogens (primary N) is 2. The monoisotopic (exact) mass is 515 g/mol. The maximum Gasteiger partial charge on any atom is 0.374 e. The fourth-order valence-electron chi connectivity index (χ4n) is 4.61. The van der Waals surface area contributed by atoms with Crippen LogP contribution >= 0.6 is 0 Å². The Morgan fingerprint density at radius 1 is 1.00 bits per heavy atom. The van der Waals surface area contributed by atoms with E-state index in [0.29, 0.717) is 12.3 Å². The van der Waals surface area contributed by atoms with E-state index in [2.05, 4.69) is 45.7 Å². The summed E-state index contributed by atoms with van der Waals surface area (Å²) in [6.07, 6.45) is 9.65. The molecule has 0 saturated heterocycles. The van der Waals surface area contributed by atoms with E-state index in [0.717, 1.165) is 91.6 Å². The Morgan fingerprint density at radius 2 is 1.79 bits per heavy atom. The molecule has 0 unspecified atom stereocenters. The highest BCUT2D eigenvalue weighted by molar-refractivity contribution is 5.77. The van der Waals surface area contributed by atoms with Crippen molar-refractivity contribution >= 4 is 34.5 Å². The fourth-order valence-corrected chi connectivity index (χ4v) is 4.61. The minimum atomic E-state index is 0.253. The van der Waals surface area contributed by atoms with Gasteiger partial charge in [0.25, 0.3) is 5.52 Å². The molecule has 0 bridgehead atoms. The number of hydrogen-bond acceptors (Lipinski definition) is 5. The Balaban J connectivity index is 1.53. The van der Waals surface area contributed by atoms with Crippen molar-refractivity contribution in [3.8, 4) is 5.75 Å². The summed E-state index contributed by atoms with van der Waals surface area (Å²) >= 11 is 0. The van der Waals surface area contributed by atoms with Gasteiger partial charge in [0.15, 0.2) is 12.3 Å². The highest BCUT2D eigenvalue weighted by atomic mass is 16.5. The quantitative estimate of drug-likeness (QED) is 0.120. The average molecular weight is 516 g/mol. The zero-order valence-corrected chi connectivity index (χ0v) is 22.5. The number of amidine groups is 2. The first-order valence-electron chi connectivity index (χ1n) is 13.4. The summed E-state index contributed by atoms with van der Waals surface area (Å²) in [5.41, 5.74) is 15.2. The van der Waals surface area contributed by atoms with Crippen LogP contribution in [-0.4, -0.2) is 24.8 Å². The van der Waals surface area contributed by atoms with E-state index < -0.39 is 0 Å².